The average molecular weight is 550 g/mol. The molecule has 0 saturated heterocycles. The number of hydrogen-bond acceptors (Lipinski definition) is 4. The first-order chi connectivity index (χ1) is 12.5. The number of aromatic nitrogens is 2. The Kier molecular flexibility index (Phi) is 8.29. The topological polar surface area (TPSA) is 25.8 Å². The van der Waals surface area contributed by atoms with Crippen LogP contribution in [0.5, 0.6) is 0 Å². The molecule has 0 atom stereocenters. The normalized spacial score (nSPS) is 11.9. The average Bonchev–Trinajstić information content (AvgIpc) is 2.58. The number of pyridine rings is 2. The Bertz CT molecular complexity index is 801. The zero-order valence-electron chi connectivity index (χ0n) is 17.4. The van der Waals surface area contributed by atoms with Crippen LogP contribution in [0.1, 0.15) is 58.6 Å². The number of rotatable bonds is 6. The molecule has 0 N–H and O–H groups in total. The van der Waals surface area contributed by atoms with Crippen molar-refractivity contribution in [1.29, 1.82) is 0 Å². The maximum absolute atomic E-state index is 6.95. The monoisotopic (exact) mass is 550 g/mol. The van der Waals surface area contributed by atoms with Crippen molar-refractivity contribution in [3.63, 3.8) is 0 Å². The molecule has 0 bridgehead atoms. The molecule has 0 aliphatic rings. The molecule has 0 unspecified atom stereocenters. The van der Waals surface area contributed by atoms with Gasteiger partial charge in [0.05, 0.1) is 0 Å². The molecule has 2 heterocycles. The van der Waals surface area contributed by atoms with E-state index >= 15 is 0 Å². The Labute approximate surface area is 180 Å². The second-order valence-corrected chi connectivity index (χ2v) is 39.0. The third-order valence-corrected chi connectivity index (χ3v) is 23.8. The fraction of sp³-hybridized carbons (Fsp3) is 0.500. The van der Waals surface area contributed by atoms with Crippen molar-refractivity contribution >= 4 is 49.1 Å². The molecular weight excluding hydrogens is 522 g/mol. The molecule has 148 valence electrons. The third kappa shape index (κ3) is 5.30. The molecule has 0 radical (unpaired) electrons. The predicted molar refractivity (Wildman–Crippen MR) is 125 cm³/mol. The first-order valence-electron chi connectivity index (χ1n) is 9.21. The molecule has 0 aliphatic heterocycles. The summed E-state index contributed by atoms with van der Waals surface area (Å²) in [7, 11) is 17.1. The maximum atomic E-state index is 6.95. The van der Waals surface area contributed by atoms with Crippen LogP contribution in [0.25, 0.3) is 0 Å². The minimum absolute atomic E-state index is 0.987. The van der Waals surface area contributed by atoms with E-state index in [0.717, 1.165) is 34.3 Å². The summed E-state index contributed by atoms with van der Waals surface area (Å²) in [5.74, 6) is 0. The molecule has 27 heavy (non-hydrogen) atoms. The van der Waals surface area contributed by atoms with E-state index in [1.165, 1.54) is 33.4 Å². The van der Waals surface area contributed by atoms with Gasteiger partial charge in [-0.05, 0) is 0 Å². The Hall–Kier alpha value is 0.379. The number of nitrogens with zero attached hydrogens (tertiary/aromatic N) is 2. The van der Waals surface area contributed by atoms with E-state index < -0.39 is 13.4 Å². The van der Waals surface area contributed by atoms with Gasteiger partial charge < -0.3 is 0 Å². The van der Waals surface area contributed by atoms with E-state index in [2.05, 4.69) is 55.4 Å². The van der Waals surface area contributed by atoms with Crippen molar-refractivity contribution in [1.82, 2.24) is 9.97 Å². The van der Waals surface area contributed by atoms with Gasteiger partial charge in [-0.25, -0.2) is 0 Å². The summed E-state index contributed by atoms with van der Waals surface area (Å²) in [6, 6.07) is 0. The van der Waals surface area contributed by atoms with Crippen LogP contribution in [-0.4, -0.2) is 23.3 Å². The molecule has 2 aromatic rings. The molecular formula is C20H28Cl2N2S2Sn. The predicted octanol–water partition coefficient (Wildman–Crippen LogP) is 7.25. The molecule has 0 amide bonds. The Balaban J connectivity index is 2.39. The molecule has 7 heteroatoms. The van der Waals surface area contributed by atoms with E-state index in [1.54, 1.807) is 17.9 Å². The van der Waals surface area contributed by atoms with Crippen molar-refractivity contribution < 1.29 is 0 Å². The van der Waals surface area contributed by atoms with Crippen LogP contribution in [0.4, 0.5) is 0 Å². The Morgan fingerprint density at radius 3 is 1.30 bits per heavy atom. The van der Waals surface area contributed by atoms with Gasteiger partial charge in [0.15, 0.2) is 0 Å². The number of aryl methyl sites for hydroxylation is 2. The summed E-state index contributed by atoms with van der Waals surface area (Å²) >= 11 is -3.59. The SMILES string of the molecule is CCc1c(C)c(C)nc([S][Sn]([Cl])([Cl])[S]c2nc(C)c(C)c(CC)c2C)c1C. The first-order valence-corrected chi connectivity index (χ1v) is 25.1. The van der Waals surface area contributed by atoms with E-state index in [1.807, 2.05) is 0 Å². The molecule has 0 fully saturated rings. The quantitative estimate of drug-likeness (QED) is 0.354. The van der Waals surface area contributed by atoms with Crippen molar-refractivity contribution in [2.24, 2.45) is 0 Å². The van der Waals surface area contributed by atoms with Crippen LogP contribution < -0.4 is 0 Å². The summed E-state index contributed by atoms with van der Waals surface area (Å²) in [5.41, 5.74) is 9.83. The molecule has 2 nitrogen and oxygen atoms in total. The summed E-state index contributed by atoms with van der Waals surface area (Å²) in [5, 5.41) is 1.97. The van der Waals surface area contributed by atoms with Crippen LogP contribution >= 0.6 is 35.7 Å². The molecule has 0 saturated carbocycles. The van der Waals surface area contributed by atoms with Gasteiger partial charge in [0.25, 0.3) is 0 Å². The molecule has 0 spiro atoms. The van der Waals surface area contributed by atoms with Gasteiger partial charge in [0.2, 0.25) is 0 Å². The zero-order chi connectivity index (χ0) is 20.5. The van der Waals surface area contributed by atoms with Gasteiger partial charge in [0.1, 0.15) is 0 Å². The third-order valence-electron chi connectivity index (χ3n) is 5.21. The van der Waals surface area contributed by atoms with Crippen LogP contribution in [0.3, 0.4) is 0 Å². The van der Waals surface area contributed by atoms with Crippen LogP contribution in [0, 0.1) is 41.5 Å². The fourth-order valence-corrected chi connectivity index (χ4v) is 22.3. The molecule has 2 rings (SSSR count). The van der Waals surface area contributed by atoms with Crippen LogP contribution in [0.15, 0.2) is 10.1 Å². The van der Waals surface area contributed by atoms with Crippen LogP contribution in [0.2, 0.25) is 0 Å². The summed E-state index contributed by atoms with van der Waals surface area (Å²) < 4.78 is 0. The van der Waals surface area contributed by atoms with E-state index in [-0.39, 0.29) is 0 Å². The number of hydrogen-bond donors (Lipinski definition) is 0. The van der Waals surface area contributed by atoms with Crippen LogP contribution in [-0.2, 0) is 12.8 Å². The Morgan fingerprint density at radius 2 is 1.00 bits per heavy atom. The Morgan fingerprint density at radius 1 is 0.667 bits per heavy atom. The van der Waals surface area contributed by atoms with Crippen molar-refractivity contribution in [3.8, 4) is 0 Å². The second kappa shape index (κ2) is 9.46. The molecule has 0 aliphatic carbocycles. The van der Waals surface area contributed by atoms with Gasteiger partial charge in [-0.3, -0.25) is 0 Å². The molecule has 0 aromatic carbocycles. The molecule has 2 aromatic heterocycles. The standard InChI is InChI=1S/2C10H15NS.2ClH.Sn/c2*1-5-9-6(2)8(4)11-10(12)7(9)3;;;/h2*5H2,1-4H3,(H,11,12);2*1H;/q;;;;+4/p-4. The van der Waals surface area contributed by atoms with Gasteiger partial charge in [-0.1, -0.05) is 0 Å². The van der Waals surface area contributed by atoms with Gasteiger partial charge in [-0.2, -0.15) is 0 Å². The van der Waals surface area contributed by atoms with E-state index in [0.29, 0.717) is 0 Å². The van der Waals surface area contributed by atoms with Gasteiger partial charge >= 0.3 is 182 Å². The summed E-state index contributed by atoms with van der Waals surface area (Å²) in [6.45, 7) is 17.1. The summed E-state index contributed by atoms with van der Waals surface area (Å²) in [4.78, 5) is 9.62. The number of halogens is 2. The van der Waals surface area contributed by atoms with Crippen molar-refractivity contribution in [2.75, 3.05) is 0 Å². The second-order valence-electron chi connectivity index (χ2n) is 6.84. The van der Waals surface area contributed by atoms with Gasteiger partial charge in [0, 0.05) is 0 Å². The van der Waals surface area contributed by atoms with Crippen molar-refractivity contribution in [2.45, 2.75) is 78.3 Å². The van der Waals surface area contributed by atoms with Crippen molar-refractivity contribution in [3.05, 3.63) is 44.8 Å². The van der Waals surface area contributed by atoms with Gasteiger partial charge in [-0.15, -0.1) is 0 Å². The van der Waals surface area contributed by atoms with E-state index in [4.69, 9.17) is 27.8 Å². The zero-order valence-corrected chi connectivity index (χ0v) is 23.4. The minimum atomic E-state index is -3.59. The fourth-order valence-electron chi connectivity index (χ4n) is 3.40. The first kappa shape index (κ1) is 23.7. The summed E-state index contributed by atoms with van der Waals surface area (Å²) in [6.07, 6.45) is 1.99. The van der Waals surface area contributed by atoms with E-state index in [9.17, 15) is 0 Å².